The van der Waals surface area contributed by atoms with Gasteiger partial charge >= 0.3 is 0 Å². The van der Waals surface area contributed by atoms with Gasteiger partial charge < -0.3 is 5.73 Å². The van der Waals surface area contributed by atoms with Gasteiger partial charge in [0.15, 0.2) is 11.6 Å². The number of hydrogen-bond donors (Lipinski definition) is 2. The summed E-state index contributed by atoms with van der Waals surface area (Å²) in [7, 11) is -4.13. The number of nitrogens with one attached hydrogen (secondary N) is 1. The number of hydrogen-bond acceptors (Lipinski definition) is 3. The molecule has 2 atom stereocenters. The SMILES string of the molecule is CC1CCCCCC1NS(=O)(=O)c1cc(N)cc(F)c1F. The molecule has 0 spiro atoms. The highest BCUT2D eigenvalue weighted by atomic mass is 32.2. The summed E-state index contributed by atoms with van der Waals surface area (Å²) in [6.07, 6.45) is 4.66. The van der Waals surface area contributed by atoms with Crippen LogP contribution >= 0.6 is 0 Å². The lowest BCUT2D eigenvalue weighted by atomic mass is 9.98. The molecule has 1 aromatic rings. The van der Waals surface area contributed by atoms with Crippen molar-refractivity contribution in [3.8, 4) is 0 Å². The molecule has 2 rings (SSSR count). The van der Waals surface area contributed by atoms with Gasteiger partial charge in [-0.1, -0.05) is 26.2 Å². The Kier molecular flexibility index (Phi) is 4.83. The molecule has 0 aliphatic heterocycles. The van der Waals surface area contributed by atoms with Crippen molar-refractivity contribution in [2.24, 2.45) is 5.92 Å². The first-order chi connectivity index (χ1) is 9.81. The molecule has 0 heterocycles. The first kappa shape index (κ1) is 16.2. The first-order valence-corrected chi connectivity index (χ1v) is 8.56. The van der Waals surface area contributed by atoms with E-state index in [2.05, 4.69) is 4.72 Å². The van der Waals surface area contributed by atoms with Crippen molar-refractivity contribution in [2.45, 2.75) is 50.0 Å². The fourth-order valence-electron chi connectivity index (χ4n) is 2.71. The van der Waals surface area contributed by atoms with Crippen LogP contribution in [-0.4, -0.2) is 14.5 Å². The lowest BCUT2D eigenvalue weighted by Gasteiger charge is -2.22. The second kappa shape index (κ2) is 6.27. The monoisotopic (exact) mass is 318 g/mol. The van der Waals surface area contributed by atoms with Gasteiger partial charge in [-0.15, -0.1) is 0 Å². The molecule has 2 unspecified atom stereocenters. The lowest BCUT2D eigenvalue weighted by Crippen LogP contribution is -2.39. The fourth-order valence-corrected chi connectivity index (χ4v) is 4.21. The average molecular weight is 318 g/mol. The van der Waals surface area contributed by atoms with Crippen LogP contribution in [0.3, 0.4) is 0 Å². The zero-order valence-electron chi connectivity index (χ0n) is 11.9. The van der Waals surface area contributed by atoms with Crippen LogP contribution in [0.15, 0.2) is 17.0 Å². The highest BCUT2D eigenvalue weighted by Gasteiger charge is 2.29. The molecular formula is C14H20F2N2O2S. The van der Waals surface area contributed by atoms with Crippen molar-refractivity contribution in [3.63, 3.8) is 0 Å². The summed E-state index contributed by atoms with van der Waals surface area (Å²) in [5.74, 6) is -2.49. The van der Waals surface area contributed by atoms with E-state index in [4.69, 9.17) is 5.73 Å². The third kappa shape index (κ3) is 3.71. The fraction of sp³-hybridized carbons (Fsp3) is 0.571. The van der Waals surface area contributed by atoms with Crippen LogP contribution in [0.1, 0.15) is 39.0 Å². The van der Waals surface area contributed by atoms with E-state index in [9.17, 15) is 17.2 Å². The van der Waals surface area contributed by atoms with Gasteiger partial charge in [0, 0.05) is 11.7 Å². The van der Waals surface area contributed by atoms with Gasteiger partial charge in [-0.2, -0.15) is 0 Å². The molecule has 0 amide bonds. The van der Waals surface area contributed by atoms with Crippen LogP contribution in [0, 0.1) is 17.6 Å². The Morgan fingerprint density at radius 3 is 2.57 bits per heavy atom. The molecule has 7 heteroatoms. The predicted octanol–water partition coefficient (Wildman–Crippen LogP) is 2.79. The summed E-state index contributed by atoms with van der Waals surface area (Å²) < 4.78 is 54.2. The van der Waals surface area contributed by atoms with Gasteiger partial charge in [-0.3, -0.25) is 0 Å². The van der Waals surface area contributed by atoms with Crippen molar-refractivity contribution < 1.29 is 17.2 Å². The van der Waals surface area contributed by atoms with E-state index < -0.39 is 26.6 Å². The molecular weight excluding hydrogens is 298 g/mol. The number of anilines is 1. The maximum Gasteiger partial charge on any atom is 0.243 e. The third-order valence-electron chi connectivity index (χ3n) is 3.97. The number of rotatable bonds is 3. The Bertz CT molecular complexity index is 620. The second-order valence-electron chi connectivity index (χ2n) is 5.66. The predicted molar refractivity (Wildman–Crippen MR) is 77.1 cm³/mol. The average Bonchev–Trinajstić information content (AvgIpc) is 2.59. The Morgan fingerprint density at radius 1 is 1.19 bits per heavy atom. The minimum absolute atomic E-state index is 0.122. The Balaban J connectivity index is 2.30. The number of sulfonamides is 1. The van der Waals surface area contributed by atoms with Gasteiger partial charge in [-0.05, 0) is 30.9 Å². The molecule has 3 N–H and O–H groups in total. The molecule has 21 heavy (non-hydrogen) atoms. The molecule has 1 fully saturated rings. The highest BCUT2D eigenvalue weighted by Crippen LogP contribution is 2.26. The maximum absolute atomic E-state index is 13.8. The molecule has 0 aromatic heterocycles. The standard InChI is InChI=1S/C14H20F2N2O2S/c1-9-5-3-2-4-6-12(9)18-21(19,20)13-8-10(17)7-11(15)14(13)16/h7-9,12,18H,2-6,17H2,1H3. The minimum atomic E-state index is -4.13. The van der Waals surface area contributed by atoms with Crippen molar-refractivity contribution in [1.82, 2.24) is 4.72 Å². The lowest BCUT2D eigenvalue weighted by molar-refractivity contribution is 0.397. The normalized spacial score (nSPS) is 23.8. The first-order valence-electron chi connectivity index (χ1n) is 7.08. The zero-order chi connectivity index (χ0) is 15.6. The molecule has 0 bridgehead atoms. The Hall–Kier alpha value is -1.21. The van der Waals surface area contributed by atoms with Crippen LogP contribution in [0.25, 0.3) is 0 Å². The molecule has 1 aromatic carbocycles. The zero-order valence-corrected chi connectivity index (χ0v) is 12.7. The number of halogens is 2. The molecule has 118 valence electrons. The van der Waals surface area contributed by atoms with Gasteiger partial charge in [-0.25, -0.2) is 21.9 Å². The van der Waals surface area contributed by atoms with Gasteiger partial charge in [0.25, 0.3) is 0 Å². The van der Waals surface area contributed by atoms with E-state index >= 15 is 0 Å². The Morgan fingerprint density at radius 2 is 1.86 bits per heavy atom. The summed E-state index contributed by atoms with van der Waals surface area (Å²) in [5.41, 5.74) is 5.29. The van der Waals surface area contributed by atoms with Gasteiger partial charge in [0.1, 0.15) is 4.90 Å². The van der Waals surface area contributed by atoms with Gasteiger partial charge in [0.2, 0.25) is 10.0 Å². The van der Waals surface area contributed by atoms with Crippen LogP contribution < -0.4 is 10.5 Å². The molecule has 4 nitrogen and oxygen atoms in total. The van der Waals surface area contributed by atoms with E-state index in [0.29, 0.717) is 6.42 Å². The highest BCUT2D eigenvalue weighted by molar-refractivity contribution is 7.89. The largest absolute Gasteiger partial charge is 0.399 e. The summed E-state index contributed by atoms with van der Waals surface area (Å²) in [6.45, 7) is 1.97. The van der Waals surface area contributed by atoms with E-state index in [0.717, 1.165) is 37.8 Å². The Labute approximate surface area is 123 Å². The van der Waals surface area contributed by atoms with Crippen LogP contribution in [0.2, 0.25) is 0 Å². The summed E-state index contributed by atoms with van der Waals surface area (Å²) >= 11 is 0. The molecule has 0 saturated heterocycles. The number of nitrogens with two attached hydrogens (primary N) is 1. The van der Waals surface area contributed by atoms with Crippen molar-refractivity contribution in [2.75, 3.05) is 5.73 Å². The second-order valence-corrected chi connectivity index (χ2v) is 7.34. The molecule has 1 saturated carbocycles. The third-order valence-corrected chi connectivity index (χ3v) is 5.46. The molecule has 0 radical (unpaired) electrons. The summed E-state index contributed by atoms with van der Waals surface area (Å²) in [5, 5.41) is 0. The van der Waals surface area contributed by atoms with E-state index in [1.807, 2.05) is 6.92 Å². The number of nitrogen functional groups attached to an aromatic ring is 1. The molecule has 1 aliphatic carbocycles. The van der Waals surface area contributed by atoms with Crippen LogP contribution in [0.4, 0.5) is 14.5 Å². The van der Waals surface area contributed by atoms with Crippen LogP contribution in [-0.2, 0) is 10.0 Å². The topological polar surface area (TPSA) is 72.2 Å². The van der Waals surface area contributed by atoms with E-state index in [1.54, 1.807) is 0 Å². The van der Waals surface area contributed by atoms with Crippen LogP contribution in [0.5, 0.6) is 0 Å². The van der Waals surface area contributed by atoms with Crippen molar-refractivity contribution >= 4 is 15.7 Å². The number of benzene rings is 1. The quantitative estimate of drug-likeness (QED) is 0.665. The van der Waals surface area contributed by atoms with E-state index in [1.165, 1.54) is 0 Å². The van der Waals surface area contributed by atoms with E-state index in [-0.39, 0.29) is 17.6 Å². The summed E-state index contributed by atoms with van der Waals surface area (Å²) in [6, 6.07) is 1.45. The van der Waals surface area contributed by atoms with Crippen molar-refractivity contribution in [1.29, 1.82) is 0 Å². The molecule has 1 aliphatic rings. The van der Waals surface area contributed by atoms with Crippen molar-refractivity contribution in [3.05, 3.63) is 23.8 Å². The smallest absolute Gasteiger partial charge is 0.243 e. The van der Waals surface area contributed by atoms with Gasteiger partial charge in [0.05, 0.1) is 0 Å². The summed E-state index contributed by atoms with van der Waals surface area (Å²) in [4.78, 5) is -0.726. The minimum Gasteiger partial charge on any atom is -0.399 e. The maximum atomic E-state index is 13.8.